The van der Waals surface area contributed by atoms with Crippen LogP contribution in [0.15, 0.2) is 42.1 Å². The number of halogens is 1. The normalized spacial score (nSPS) is 10.2. The summed E-state index contributed by atoms with van der Waals surface area (Å²) in [5.74, 6) is 0.689. The van der Waals surface area contributed by atoms with E-state index in [1.807, 2.05) is 12.1 Å². The highest BCUT2D eigenvalue weighted by molar-refractivity contribution is 6.29. The van der Waals surface area contributed by atoms with Crippen LogP contribution in [0.4, 0.5) is 0 Å². The highest BCUT2D eigenvalue weighted by Crippen LogP contribution is 2.23. The Hall–Kier alpha value is -2.07. The van der Waals surface area contributed by atoms with Gasteiger partial charge in [-0.05, 0) is 24.3 Å². The summed E-state index contributed by atoms with van der Waals surface area (Å²) in [5, 5.41) is 4.71. The van der Waals surface area contributed by atoms with Crippen molar-refractivity contribution in [3.63, 3.8) is 0 Å². The fourth-order valence-corrected chi connectivity index (χ4v) is 1.74. The van der Waals surface area contributed by atoms with E-state index < -0.39 is 0 Å². The average Bonchev–Trinajstić information content (AvgIpc) is 2.78. The minimum absolute atomic E-state index is 0.268. The highest BCUT2D eigenvalue weighted by Gasteiger charge is 2.09. The summed E-state index contributed by atoms with van der Waals surface area (Å²) in [4.78, 5) is 11.0. The van der Waals surface area contributed by atoms with Crippen LogP contribution in [0.3, 0.4) is 0 Å². The summed E-state index contributed by atoms with van der Waals surface area (Å²) in [6, 6.07) is 7.31. The van der Waals surface area contributed by atoms with Crippen LogP contribution in [0, 0.1) is 0 Å². The molecule has 4 nitrogen and oxygen atoms in total. The number of aldehydes is 1. The highest BCUT2D eigenvalue weighted by atomic mass is 35.5. The standard InChI is InChI=1S/C14H13ClN2O2/c1-10(15)9-19-13-5-3-11(4-6-13)14-12(8-18)7-17(2)16-14/h3-8H,1,9H2,2H3. The van der Waals surface area contributed by atoms with Gasteiger partial charge in [-0.25, -0.2) is 0 Å². The van der Waals surface area contributed by atoms with Crippen LogP contribution in [-0.2, 0) is 7.05 Å². The lowest BCUT2D eigenvalue weighted by atomic mass is 10.1. The van der Waals surface area contributed by atoms with Crippen LogP contribution in [-0.4, -0.2) is 22.7 Å². The summed E-state index contributed by atoms with van der Waals surface area (Å²) >= 11 is 5.63. The molecule has 0 atom stereocenters. The van der Waals surface area contributed by atoms with Crippen molar-refractivity contribution in [2.75, 3.05) is 6.61 Å². The van der Waals surface area contributed by atoms with Gasteiger partial charge < -0.3 is 4.74 Å². The number of ether oxygens (including phenoxy) is 1. The van der Waals surface area contributed by atoms with Gasteiger partial charge in [0.1, 0.15) is 18.1 Å². The average molecular weight is 277 g/mol. The van der Waals surface area contributed by atoms with E-state index in [0.29, 0.717) is 22.0 Å². The SMILES string of the molecule is C=C(Cl)COc1ccc(-c2nn(C)cc2C=O)cc1. The van der Waals surface area contributed by atoms with Gasteiger partial charge in [0.05, 0.1) is 5.56 Å². The van der Waals surface area contributed by atoms with Crippen molar-refractivity contribution < 1.29 is 9.53 Å². The summed E-state index contributed by atoms with van der Waals surface area (Å²) in [5.41, 5.74) is 2.08. The van der Waals surface area contributed by atoms with Gasteiger partial charge in [0, 0.05) is 23.8 Å². The zero-order valence-corrected chi connectivity index (χ0v) is 11.2. The summed E-state index contributed by atoms with van der Waals surface area (Å²) < 4.78 is 7.01. The molecule has 0 fully saturated rings. The monoisotopic (exact) mass is 276 g/mol. The molecule has 0 saturated heterocycles. The Labute approximate surface area is 116 Å². The Balaban J connectivity index is 2.22. The molecule has 0 spiro atoms. The molecule has 0 amide bonds. The number of carbonyl (C=O) groups excluding carboxylic acids is 1. The molecule has 2 rings (SSSR count). The first-order valence-electron chi connectivity index (χ1n) is 5.65. The van der Waals surface area contributed by atoms with Gasteiger partial charge in [0.25, 0.3) is 0 Å². The van der Waals surface area contributed by atoms with Crippen LogP contribution in [0.5, 0.6) is 5.75 Å². The van der Waals surface area contributed by atoms with Crippen molar-refractivity contribution in [2.24, 2.45) is 7.05 Å². The number of aromatic nitrogens is 2. The van der Waals surface area contributed by atoms with Crippen molar-refractivity contribution in [1.82, 2.24) is 9.78 Å². The number of benzene rings is 1. The third-order valence-corrected chi connectivity index (χ3v) is 2.62. The minimum Gasteiger partial charge on any atom is -0.488 e. The third kappa shape index (κ3) is 3.23. The van der Waals surface area contributed by atoms with E-state index in [1.54, 1.807) is 30.1 Å². The molecule has 0 N–H and O–H groups in total. The number of carbonyl (C=O) groups is 1. The molecule has 0 aliphatic rings. The number of aryl methyl sites for hydroxylation is 1. The van der Waals surface area contributed by atoms with Gasteiger partial charge in [0.15, 0.2) is 6.29 Å². The van der Waals surface area contributed by atoms with E-state index in [1.165, 1.54) is 0 Å². The van der Waals surface area contributed by atoms with Crippen molar-refractivity contribution in [1.29, 1.82) is 0 Å². The Bertz CT molecular complexity index is 602. The molecule has 0 unspecified atom stereocenters. The molecule has 5 heteroatoms. The molecule has 1 aromatic carbocycles. The van der Waals surface area contributed by atoms with Crippen LogP contribution >= 0.6 is 11.6 Å². The molecule has 19 heavy (non-hydrogen) atoms. The molecule has 0 radical (unpaired) electrons. The van der Waals surface area contributed by atoms with Crippen LogP contribution < -0.4 is 4.74 Å². The van der Waals surface area contributed by atoms with E-state index in [2.05, 4.69) is 11.7 Å². The van der Waals surface area contributed by atoms with E-state index in [9.17, 15) is 4.79 Å². The van der Waals surface area contributed by atoms with Gasteiger partial charge in [0.2, 0.25) is 0 Å². The largest absolute Gasteiger partial charge is 0.488 e. The molecule has 0 bridgehead atoms. The Morgan fingerprint density at radius 3 is 2.74 bits per heavy atom. The maximum Gasteiger partial charge on any atom is 0.153 e. The maximum atomic E-state index is 11.0. The van der Waals surface area contributed by atoms with Crippen molar-refractivity contribution in [2.45, 2.75) is 0 Å². The number of hydrogen-bond acceptors (Lipinski definition) is 3. The minimum atomic E-state index is 0.268. The van der Waals surface area contributed by atoms with E-state index in [4.69, 9.17) is 16.3 Å². The number of hydrogen-bond donors (Lipinski definition) is 0. The molecule has 0 aliphatic carbocycles. The second-order valence-electron chi connectivity index (χ2n) is 4.05. The Morgan fingerprint density at radius 2 is 2.16 bits per heavy atom. The van der Waals surface area contributed by atoms with Crippen LogP contribution in [0.25, 0.3) is 11.3 Å². The topological polar surface area (TPSA) is 44.1 Å². The fraction of sp³-hybridized carbons (Fsp3) is 0.143. The van der Waals surface area contributed by atoms with Gasteiger partial charge in [-0.15, -0.1) is 0 Å². The smallest absolute Gasteiger partial charge is 0.153 e. The summed E-state index contributed by atoms with van der Waals surface area (Å²) in [6.07, 6.45) is 2.48. The molecule has 2 aromatic rings. The van der Waals surface area contributed by atoms with Gasteiger partial charge in [-0.2, -0.15) is 5.10 Å². The van der Waals surface area contributed by atoms with E-state index in [-0.39, 0.29) is 6.61 Å². The molecular weight excluding hydrogens is 264 g/mol. The first kappa shape index (κ1) is 13.4. The number of rotatable bonds is 5. The molecule has 0 saturated carbocycles. The summed E-state index contributed by atoms with van der Waals surface area (Å²) in [7, 11) is 1.78. The van der Waals surface area contributed by atoms with Gasteiger partial charge in [-0.3, -0.25) is 9.48 Å². The summed E-state index contributed by atoms with van der Waals surface area (Å²) in [6.45, 7) is 3.82. The van der Waals surface area contributed by atoms with Crippen molar-refractivity contribution in [3.05, 3.63) is 47.6 Å². The lowest BCUT2D eigenvalue weighted by Crippen LogP contribution is -1.96. The first-order chi connectivity index (χ1) is 9.10. The lowest BCUT2D eigenvalue weighted by molar-refractivity contribution is 0.112. The second kappa shape index (κ2) is 5.71. The van der Waals surface area contributed by atoms with Gasteiger partial charge in [-0.1, -0.05) is 18.2 Å². The number of nitrogens with zero attached hydrogens (tertiary/aromatic N) is 2. The van der Waals surface area contributed by atoms with Crippen LogP contribution in [0.1, 0.15) is 10.4 Å². The predicted octanol–water partition coefficient (Wildman–Crippen LogP) is 3.03. The zero-order chi connectivity index (χ0) is 13.8. The van der Waals surface area contributed by atoms with Crippen molar-refractivity contribution >= 4 is 17.9 Å². The molecule has 0 aliphatic heterocycles. The predicted molar refractivity (Wildman–Crippen MR) is 74.5 cm³/mol. The first-order valence-corrected chi connectivity index (χ1v) is 6.03. The molecule has 98 valence electrons. The van der Waals surface area contributed by atoms with E-state index >= 15 is 0 Å². The zero-order valence-electron chi connectivity index (χ0n) is 10.5. The van der Waals surface area contributed by atoms with E-state index in [0.717, 1.165) is 11.8 Å². The third-order valence-electron chi connectivity index (χ3n) is 2.51. The molecule has 1 aromatic heterocycles. The molecular formula is C14H13ClN2O2. The van der Waals surface area contributed by atoms with Crippen LogP contribution in [0.2, 0.25) is 0 Å². The quantitative estimate of drug-likeness (QED) is 0.789. The van der Waals surface area contributed by atoms with Crippen molar-refractivity contribution in [3.8, 4) is 17.0 Å². The Kier molecular flexibility index (Phi) is 4.02. The van der Waals surface area contributed by atoms with Gasteiger partial charge >= 0.3 is 0 Å². The fourth-order valence-electron chi connectivity index (χ4n) is 1.69. The lowest BCUT2D eigenvalue weighted by Gasteiger charge is -2.05. The molecule has 1 heterocycles. The Morgan fingerprint density at radius 1 is 1.47 bits per heavy atom. The second-order valence-corrected chi connectivity index (χ2v) is 4.59. The maximum absolute atomic E-state index is 11.0.